The molecule has 0 N–H and O–H groups in total. The monoisotopic (exact) mass is 380 g/mol. The minimum atomic E-state index is -3.85. The van der Waals surface area contributed by atoms with Gasteiger partial charge in [-0.2, -0.15) is 5.26 Å². The van der Waals surface area contributed by atoms with Gasteiger partial charge in [0, 0.05) is 36.1 Å². The number of sulfonamides is 1. The Balaban J connectivity index is 1.95. The molecule has 2 aromatic heterocycles. The van der Waals surface area contributed by atoms with Crippen LogP contribution in [0.15, 0.2) is 41.6 Å². The highest BCUT2D eigenvalue weighted by Gasteiger charge is 2.33. The number of hydrogen-bond donors (Lipinski definition) is 0. The van der Waals surface area contributed by atoms with Crippen LogP contribution in [0.1, 0.15) is 16.8 Å². The normalized spacial score (nSPS) is 13.4. The zero-order valence-electron chi connectivity index (χ0n) is 14.8. The van der Waals surface area contributed by atoms with E-state index < -0.39 is 10.0 Å². The van der Waals surface area contributed by atoms with Gasteiger partial charge in [0.05, 0.1) is 29.0 Å². The van der Waals surface area contributed by atoms with E-state index in [1.165, 1.54) is 17.6 Å². The van der Waals surface area contributed by atoms with E-state index in [2.05, 4.69) is 9.97 Å². The third-order valence-corrected chi connectivity index (χ3v) is 6.54. The largest absolute Gasteiger partial charge is 0.481 e. The van der Waals surface area contributed by atoms with Gasteiger partial charge in [-0.3, -0.25) is 9.29 Å². The molecule has 7 nitrogen and oxygen atoms in total. The summed E-state index contributed by atoms with van der Waals surface area (Å²) < 4.78 is 33.7. The summed E-state index contributed by atoms with van der Waals surface area (Å²) in [7, 11) is -2.35. The fourth-order valence-corrected chi connectivity index (χ4v) is 5.20. The molecule has 136 valence electrons. The highest BCUT2D eigenvalue weighted by atomic mass is 32.2. The topological polar surface area (TPSA) is 96.2 Å². The quantitative estimate of drug-likeness (QED) is 0.693. The number of aryl methyl sites for hydroxylation is 1. The Labute approximate surface area is 156 Å². The summed E-state index contributed by atoms with van der Waals surface area (Å²) in [5.74, 6) is 0.378. The second kappa shape index (κ2) is 6.21. The van der Waals surface area contributed by atoms with Crippen molar-refractivity contribution < 1.29 is 13.2 Å². The maximum atomic E-state index is 13.5. The van der Waals surface area contributed by atoms with Crippen molar-refractivity contribution in [3.05, 3.63) is 53.5 Å². The van der Waals surface area contributed by atoms with E-state index in [1.54, 1.807) is 30.5 Å². The van der Waals surface area contributed by atoms with Crippen molar-refractivity contribution in [3.63, 3.8) is 0 Å². The predicted molar refractivity (Wildman–Crippen MR) is 100 cm³/mol. The van der Waals surface area contributed by atoms with Crippen LogP contribution in [0.5, 0.6) is 5.88 Å². The summed E-state index contributed by atoms with van der Waals surface area (Å²) in [5.41, 5.74) is 2.21. The molecule has 0 spiro atoms. The number of fused-ring (bicyclic) bond motifs is 2. The van der Waals surface area contributed by atoms with Crippen molar-refractivity contribution in [1.82, 2.24) is 9.97 Å². The molecule has 27 heavy (non-hydrogen) atoms. The summed E-state index contributed by atoms with van der Waals surface area (Å²) in [6.07, 6.45) is 3.58. The Morgan fingerprint density at radius 2 is 2.07 bits per heavy atom. The number of nitrogens with zero attached hydrogens (tertiary/aromatic N) is 4. The summed E-state index contributed by atoms with van der Waals surface area (Å²) in [4.78, 5) is 8.65. The molecule has 0 saturated heterocycles. The van der Waals surface area contributed by atoms with Gasteiger partial charge in [0.1, 0.15) is 6.07 Å². The molecule has 1 aliphatic rings. The zero-order chi connectivity index (χ0) is 19.2. The van der Waals surface area contributed by atoms with Gasteiger partial charge < -0.3 is 4.74 Å². The number of benzene rings is 1. The minimum absolute atomic E-state index is 0.188. The summed E-state index contributed by atoms with van der Waals surface area (Å²) in [5, 5.41) is 10.4. The molecular weight excluding hydrogens is 364 g/mol. The Bertz CT molecular complexity index is 1220. The van der Waals surface area contributed by atoms with Crippen LogP contribution in [0.4, 0.5) is 5.69 Å². The van der Waals surface area contributed by atoms with Gasteiger partial charge in [0.2, 0.25) is 5.88 Å². The van der Waals surface area contributed by atoms with Gasteiger partial charge in [0.25, 0.3) is 10.0 Å². The molecule has 3 aromatic rings. The lowest BCUT2D eigenvalue weighted by atomic mass is 10.1. The molecule has 0 saturated carbocycles. The van der Waals surface area contributed by atoms with Gasteiger partial charge in [-0.15, -0.1) is 0 Å². The maximum absolute atomic E-state index is 13.5. The molecule has 8 heteroatoms. The van der Waals surface area contributed by atoms with Crippen molar-refractivity contribution in [3.8, 4) is 11.9 Å². The average Bonchev–Trinajstić information content (AvgIpc) is 3.11. The molecule has 0 amide bonds. The predicted octanol–water partition coefficient (Wildman–Crippen LogP) is 2.57. The van der Waals surface area contributed by atoms with Gasteiger partial charge in [0.15, 0.2) is 0 Å². The molecule has 4 rings (SSSR count). The van der Waals surface area contributed by atoms with Gasteiger partial charge in [-0.1, -0.05) is 6.07 Å². The lowest BCUT2D eigenvalue weighted by molar-refractivity contribution is 0.403. The van der Waals surface area contributed by atoms with Crippen molar-refractivity contribution in [2.75, 3.05) is 18.0 Å². The zero-order valence-corrected chi connectivity index (χ0v) is 15.6. The average molecular weight is 380 g/mol. The number of anilines is 1. The summed E-state index contributed by atoms with van der Waals surface area (Å²) >= 11 is 0. The fourth-order valence-electron chi connectivity index (χ4n) is 3.43. The molecule has 0 unspecified atom stereocenters. The molecule has 0 fully saturated rings. The van der Waals surface area contributed by atoms with E-state index in [1.807, 2.05) is 13.0 Å². The first-order valence-electron chi connectivity index (χ1n) is 8.31. The molecule has 1 aromatic carbocycles. The second-order valence-corrected chi connectivity index (χ2v) is 8.09. The van der Waals surface area contributed by atoms with Crippen LogP contribution in [0.3, 0.4) is 0 Å². The van der Waals surface area contributed by atoms with Crippen LogP contribution < -0.4 is 9.04 Å². The molecular formula is C19H16N4O3S. The number of nitriles is 1. The van der Waals surface area contributed by atoms with E-state index in [-0.39, 0.29) is 11.4 Å². The highest BCUT2D eigenvalue weighted by Crippen LogP contribution is 2.37. The third kappa shape index (κ3) is 2.59. The van der Waals surface area contributed by atoms with Crippen molar-refractivity contribution in [2.45, 2.75) is 18.2 Å². The summed E-state index contributed by atoms with van der Waals surface area (Å²) in [6, 6.07) is 8.65. The Morgan fingerprint density at radius 3 is 2.81 bits per heavy atom. The number of aromatic nitrogens is 2. The van der Waals surface area contributed by atoms with Crippen molar-refractivity contribution >= 4 is 26.5 Å². The number of rotatable bonds is 3. The number of ether oxygens (including phenoxy) is 1. The molecule has 3 heterocycles. The van der Waals surface area contributed by atoms with E-state index in [9.17, 15) is 8.42 Å². The molecule has 0 radical (unpaired) electrons. The van der Waals surface area contributed by atoms with Crippen LogP contribution >= 0.6 is 0 Å². The molecule has 0 bridgehead atoms. The van der Waals surface area contributed by atoms with E-state index >= 15 is 0 Å². The minimum Gasteiger partial charge on any atom is -0.481 e. The first kappa shape index (κ1) is 17.2. The van der Waals surface area contributed by atoms with Crippen molar-refractivity contribution in [1.29, 1.82) is 5.26 Å². The van der Waals surface area contributed by atoms with Crippen LogP contribution in [0, 0.1) is 18.3 Å². The Kier molecular flexibility index (Phi) is 3.97. The lowest BCUT2D eigenvalue weighted by Gasteiger charge is -2.21. The number of methoxy groups -OCH3 is 1. The number of pyridine rings is 2. The van der Waals surface area contributed by atoms with Gasteiger partial charge in [-0.05, 0) is 30.7 Å². The lowest BCUT2D eigenvalue weighted by Crippen LogP contribution is -2.29. The second-order valence-electron chi connectivity index (χ2n) is 6.26. The maximum Gasteiger partial charge on any atom is 0.265 e. The van der Waals surface area contributed by atoms with Crippen LogP contribution in [-0.4, -0.2) is 32.0 Å². The molecule has 1 aliphatic heterocycles. The summed E-state index contributed by atoms with van der Waals surface area (Å²) in [6.45, 7) is 2.11. The first-order valence-corrected chi connectivity index (χ1v) is 9.75. The highest BCUT2D eigenvalue weighted by molar-refractivity contribution is 7.93. The molecule has 0 atom stereocenters. The standard InChI is InChI=1S/C19H16N4O3S/c1-12-10-22-19(26-2)14-4-3-5-17(18(12)14)27(24,25)23-7-6-15-16(23)8-13(9-20)11-21-15/h3-5,8,10-11H,6-7H2,1-2H3. The van der Waals surface area contributed by atoms with Gasteiger partial charge in [-0.25, -0.2) is 13.4 Å². The van der Waals surface area contributed by atoms with E-state index in [0.717, 1.165) is 5.56 Å². The number of hydrogen-bond acceptors (Lipinski definition) is 6. The Hall–Kier alpha value is -3.18. The molecule has 0 aliphatic carbocycles. The van der Waals surface area contributed by atoms with Crippen LogP contribution in [0.25, 0.3) is 10.8 Å². The van der Waals surface area contributed by atoms with Crippen molar-refractivity contribution in [2.24, 2.45) is 0 Å². The van der Waals surface area contributed by atoms with E-state index in [0.29, 0.717) is 40.0 Å². The van der Waals surface area contributed by atoms with Crippen LogP contribution in [-0.2, 0) is 16.4 Å². The SMILES string of the molecule is COc1ncc(C)c2c(S(=O)(=O)N3CCc4ncc(C#N)cc43)cccc12. The first-order chi connectivity index (χ1) is 13.0. The van der Waals surface area contributed by atoms with Gasteiger partial charge >= 0.3 is 0 Å². The Morgan fingerprint density at radius 1 is 1.26 bits per heavy atom. The fraction of sp³-hybridized carbons (Fsp3) is 0.211. The van der Waals surface area contributed by atoms with Crippen LogP contribution in [0.2, 0.25) is 0 Å². The van der Waals surface area contributed by atoms with E-state index in [4.69, 9.17) is 10.00 Å². The smallest absolute Gasteiger partial charge is 0.265 e. The third-order valence-electron chi connectivity index (χ3n) is 4.68.